The maximum absolute atomic E-state index is 10.9. The highest BCUT2D eigenvalue weighted by Gasteiger charge is 2.06. The van der Waals surface area contributed by atoms with Gasteiger partial charge in [-0.1, -0.05) is 6.07 Å². The smallest absolute Gasteiger partial charge is 0.136 e. The Morgan fingerprint density at radius 1 is 1.50 bits per heavy atom. The van der Waals surface area contributed by atoms with Gasteiger partial charge in [0.1, 0.15) is 10.8 Å². The molecule has 4 heteroatoms. The number of Topliss-reactive ketones (excluding diaryl/α,β-unsaturated/α-hetero) is 1. The summed E-state index contributed by atoms with van der Waals surface area (Å²) in [4.78, 5) is 16.4. The summed E-state index contributed by atoms with van der Waals surface area (Å²) in [6, 6.07) is 4.04. The molecule has 0 aliphatic carbocycles. The number of carbonyl (C=O) groups excluding carboxylic acids is 1. The molecule has 0 aromatic carbocycles. The quantitative estimate of drug-likeness (QED) is 0.800. The van der Waals surface area contributed by atoms with Gasteiger partial charge in [-0.2, -0.15) is 0 Å². The Morgan fingerprint density at radius 3 is 3.00 bits per heavy atom. The highest BCUT2D eigenvalue weighted by atomic mass is 32.1. The standard InChI is InChI=1S/C10H9NOS2/c1-7(12)5-10-11-8(6-14-10)9-3-2-4-13-9/h2-4,6H,5H2,1H3. The van der Waals surface area contributed by atoms with E-state index in [1.165, 1.54) is 0 Å². The minimum atomic E-state index is 0.164. The summed E-state index contributed by atoms with van der Waals surface area (Å²) < 4.78 is 0. The van der Waals surface area contributed by atoms with Crippen molar-refractivity contribution >= 4 is 28.5 Å². The molecule has 2 rings (SSSR count). The van der Waals surface area contributed by atoms with Gasteiger partial charge in [-0.15, -0.1) is 22.7 Å². The van der Waals surface area contributed by atoms with Gasteiger partial charge in [0.05, 0.1) is 17.0 Å². The summed E-state index contributed by atoms with van der Waals surface area (Å²) in [7, 11) is 0. The van der Waals surface area contributed by atoms with Crippen LogP contribution in [0.2, 0.25) is 0 Å². The molecule has 0 aliphatic rings. The molecule has 0 saturated heterocycles. The highest BCUT2D eigenvalue weighted by Crippen LogP contribution is 2.26. The van der Waals surface area contributed by atoms with Gasteiger partial charge < -0.3 is 0 Å². The predicted molar refractivity (Wildman–Crippen MR) is 59.8 cm³/mol. The van der Waals surface area contributed by atoms with Crippen molar-refractivity contribution in [1.82, 2.24) is 4.98 Å². The number of thiophene rings is 1. The summed E-state index contributed by atoms with van der Waals surface area (Å²) in [5.74, 6) is 0.164. The van der Waals surface area contributed by atoms with E-state index in [-0.39, 0.29) is 5.78 Å². The minimum Gasteiger partial charge on any atom is -0.300 e. The molecule has 0 unspecified atom stereocenters. The Morgan fingerprint density at radius 2 is 2.36 bits per heavy atom. The molecule has 0 amide bonds. The molecule has 14 heavy (non-hydrogen) atoms. The van der Waals surface area contributed by atoms with Crippen LogP contribution in [-0.4, -0.2) is 10.8 Å². The first-order chi connectivity index (χ1) is 6.75. The zero-order chi connectivity index (χ0) is 9.97. The highest BCUT2D eigenvalue weighted by molar-refractivity contribution is 7.14. The lowest BCUT2D eigenvalue weighted by molar-refractivity contribution is -0.116. The first-order valence-corrected chi connectivity index (χ1v) is 5.99. The van der Waals surface area contributed by atoms with E-state index in [4.69, 9.17) is 0 Å². The fourth-order valence-electron chi connectivity index (χ4n) is 1.14. The number of aromatic nitrogens is 1. The van der Waals surface area contributed by atoms with Gasteiger partial charge in [0.2, 0.25) is 0 Å². The van der Waals surface area contributed by atoms with Crippen LogP contribution >= 0.6 is 22.7 Å². The van der Waals surface area contributed by atoms with Gasteiger partial charge in [0.25, 0.3) is 0 Å². The number of hydrogen-bond acceptors (Lipinski definition) is 4. The lowest BCUT2D eigenvalue weighted by Gasteiger charge is -1.89. The van der Waals surface area contributed by atoms with Gasteiger partial charge in [-0.3, -0.25) is 4.79 Å². The zero-order valence-electron chi connectivity index (χ0n) is 7.69. The van der Waals surface area contributed by atoms with Crippen molar-refractivity contribution in [3.8, 4) is 10.6 Å². The van der Waals surface area contributed by atoms with Crippen LogP contribution in [0.5, 0.6) is 0 Å². The second kappa shape index (κ2) is 4.02. The topological polar surface area (TPSA) is 30.0 Å². The van der Waals surface area contributed by atoms with E-state index in [0.717, 1.165) is 15.6 Å². The van der Waals surface area contributed by atoms with Crippen molar-refractivity contribution in [3.63, 3.8) is 0 Å². The molecule has 72 valence electrons. The fourth-order valence-corrected chi connectivity index (χ4v) is 2.77. The molecule has 2 aromatic heterocycles. The maximum Gasteiger partial charge on any atom is 0.136 e. The monoisotopic (exact) mass is 223 g/mol. The molecular weight excluding hydrogens is 214 g/mol. The molecule has 0 saturated carbocycles. The first kappa shape index (κ1) is 9.55. The van der Waals surface area contributed by atoms with Crippen molar-refractivity contribution < 1.29 is 4.79 Å². The van der Waals surface area contributed by atoms with Gasteiger partial charge in [0.15, 0.2) is 0 Å². The lowest BCUT2D eigenvalue weighted by atomic mass is 10.3. The molecule has 2 heterocycles. The third kappa shape index (κ3) is 2.08. The molecule has 0 radical (unpaired) electrons. The van der Waals surface area contributed by atoms with Crippen LogP contribution in [0.4, 0.5) is 0 Å². The van der Waals surface area contributed by atoms with Crippen LogP contribution < -0.4 is 0 Å². The number of hydrogen-bond donors (Lipinski definition) is 0. The SMILES string of the molecule is CC(=O)Cc1nc(-c2cccs2)cs1. The van der Waals surface area contributed by atoms with Gasteiger partial charge in [-0.05, 0) is 18.4 Å². The van der Waals surface area contributed by atoms with Crippen LogP contribution in [0, 0.1) is 0 Å². The van der Waals surface area contributed by atoms with Crippen molar-refractivity contribution in [2.24, 2.45) is 0 Å². The maximum atomic E-state index is 10.9. The number of ketones is 1. The number of nitrogens with zero attached hydrogens (tertiary/aromatic N) is 1. The lowest BCUT2D eigenvalue weighted by Crippen LogP contribution is -1.94. The van der Waals surface area contributed by atoms with Crippen LogP contribution in [0.3, 0.4) is 0 Å². The fraction of sp³-hybridized carbons (Fsp3) is 0.200. The summed E-state index contributed by atoms with van der Waals surface area (Å²) >= 11 is 3.22. The van der Waals surface area contributed by atoms with Gasteiger partial charge in [-0.25, -0.2) is 4.98 Å². The molecule has 2 aromatic rings. The van der Waals surface area contributed by atoms with Crippen molar-refractivity contribution in [3.05, 3.63) is 27.9 Å². The minimum absolute atomic E-state index is 0.164. The van der Waals surface area contributed by atoms with E-state index in [9.17, 15) is 4.79 Å². The summed E-state index contributed by atoms with van der Waals surface area (Å²) in [5, 5.41) is 4.93. The average molecular weight is 223 g/mol. The Labute approximate surface area is 90.2 Å². The molecular formula is C10H9NOS2. The molecule has 0 bridgehead atoms. The van der Waals surface area contributed by atoms with Crippen LogP contribution in [0.1, 0.15) is 11.9 Å². The average Bonchev–Trinajstić information content (AvgIpc) is 2.69. The van der Waals surface area contributed by atoms with E-state index in [0.29, 0.717) is 6.42 Å². The third-order valence-corrected chi connectivity index (χ3v) is 3.47. The van der Waals surface area contributed by atoms with Gasteiger partial charge >= 0.3 is 0 Å². The first-order valence-electron chi connectivity index (χ1n) is 4.23. The van der Waals surface area contributed by atoms with Crippen LogP contribution in [-0.2, 0) is 11.2 Å². The van der Waals surface area contributed by atoms with E-state index in [1.807, 2.05) is 22.9 Å². The molecule has 0 N–H and O–H groups in total. The Hall–Kier alpha value is -1.00. The second-order valence-corrected chi connectivity index (χ2v) is 4.87. The molecule has 2 nitrogen and oxygen atoms in total. The van der Waals surface area contributed by atoms with Crippen LogP contribution in [0.25, 0.3) is 10.6 Å². The largest absolute Gasteiger partial charge is 0.300 e. The summed E-state index contributed by atoms with van der Waals surface area (Å²) in [5.41, 5.74) is 0.987. The van der Waals surface area contributed by atoms with Crippen LogP contribution in [0.15, 0.2) is 22.9 Å². The summed E-state index contributed by atoms with van der Waals surface area (Å²) in [6.07, 6.45) is 0.454. The molecule has 0 atom stereocenters. The normalized spacial score (nSPS) is 10.4. The van der Waals surface area contributed by atoms with Crippen molar-refractivity contribution in [1.29, 1.82) is 0 Å². The molecule has 0 aliphatic heterocycles. The number of thiazole rings is 1. The van der Waals surface area contributed by atoms with Crippen molar-refractivity contribution in [2.75, 3.05) is 0 Å². The van der Waals surface area contributed by atoms with E-state index in [1.54, 1.807) is 29.6 Å². The van der Waals surface area contributed by atoms with Gasteiger partial charge in [0, 0.05) is 5.38 Å². The molecule has 0 fully saturated rings. The number of carbonyl (C=O) groups is 1. The molecule has 0 spiro atoms. The second-order valence-electron chi connectivity index (χ2n) is 2.98. The van der Waals surface area contributed by atoms with E-state index < -0.39 is 0 Å². The Kier molecular flexibility index (Phi) is 2.74. The van der Waals surface area contributed by atoms with E-state index in [2.05, 4.69) is 4.98 Å². The third-order valence-electron chi connectivity index (χ3n) is 1.73. The Balaban J connectivity index is 2.22. The van der Waals surface area contributed by atoms with E-state index >= 15 is 0 Å². The Bertz CT molecular complexity index is 431. The zero-order valence-corrected chi connectivity index (χ0v) is 9.32. The number of rotatable bonds is 3. The van der Waals surface area contributed by atoms with Crippen molar-refractivity contribution in [2.45, 2.75) is 13.3 Å². The predicted octanol–water partition coefficient (Wildman–Crippen LogP) is 3.00. The summed E-state index contributed by atoms with van der Waals surface area (Å²) in [6.45, 7) is 1.59.